The number of aromatic nitrogens is 1. The molecule has 4 rings (SSSR count). The number of nitrogens with zero attached hydrogens (tertiary/aromatic N) is 1. The zero-order valence-corrected chi connectivity index (χ0v) is 17.9. The van der Waals surface area contributed by atoms with Crippen LogP contribution in [0.25, 0.3) is 10.9 Å². The van der Waals surface area contributed by atoms with Crippen LogP contribution in [-0.4, -0.2) is 19.3 Å². The fourth-order valence-corrected chi connectivity index (χ4v) is 4.35. The topological polar surface area (TPSA) is 88.2 Å². The summed E-state index contributed by atoms with van der Waals surface area (Å²) in [6, 6.07) is 22.3. The Labute approximate surface area is 181 Å². The number of rotatable bonds is 5. The SMILES string of the molecule is Cc1ccc(NS(=O)(=O)c2cccc(C(=O)Nc3cc(C)nc4ccccc34)c2)cc1. The molecule has 0 saturated carbocycles. The highest BCUT2D eigenvalue weighted by Crippen LogP contribution is 2.24. The highest BCUT2D eigenvalue weighted by molar-refractivity contribution is 7.92. The minimum absolute atomic E-state index is 0.0106. The molecule has 156 valence electrons. The lowest BCUT2D eigenvalue weighted by Gasteiger charge is -2.12. The summed E-state index contributed by atoms with van der Waals surface area (Å²) < 4.78 is 28.1. The van der Waals surface area contributed by atoms with Gasteiger partial charge in [-0.1, -0.05) is 42.0 Å². The first kappa shape index (κ1) is 20.6. The van der Waals surface area contributed by atoms with Gasteiger partial charge in [-0.15, -0.1) is 0 Å². The number of pyridine rings is 1. The van der Waals surface area contributed by atoms with Crippen LogP contribution >= 0.6 is 0 Å². The predicted molar refractivity (Wildman–Crippen MR) is 123 cm³/mol. The number of carbonyl (C=O) groups is 1. The Balaban J connectivity index is 1.61. The molecule has 1 aromatic heterocycles. The second kappa shape index (κ2) is 8.20. The van der Waals surface area contributed by atoms with Crippen LogP contribution in [0.1, 0.15) is 21.6 Å². The lowest BCUT2D eigenvalue weighted by atomic mass is 10.1. The van der Waals surface area contributed by atoms with E-state index in [9.17, 15) is 13.2 Å². The minimum atomic E-state index is -3.84. The van der Waals surface area contributed by atoms with Crippen LogP contribution in [0.2, 0.25) is 0 Å². The Morgan fingerprint density at radius 3 is 2.39 bits per heavy atom. The van der Waals surface area contributed by atoms with E-state index in [1.807, 2.05) is 50.2 Å². The summed E-state index contributed by atoms with van der Waals surface area (Å²) in [6.45, 7) is 3.78. The van der Waals surface area contributed by atoms with Crippen molar-refractivity contribution in [2.75, 3.05) is 10.0 Å². The first-order valence-electron chi connectivity index (χ1n) is 9.69. The molecule has 4 aromatic rings. The van der Waals surface area contributed by atoms with E-state index in [1.165, 1.54) is 12.1 Å². The Kier molecular flexibility index (Phi) is 5.44. The van der Waals surface area contributed by atoms with E-state index in [4.69, 9.17) is 0 Å². The number of para-hydroxylation sites is 1. The zero-order chi connectivity index (χ0) is 22.0. The van der Waals surface area contributed by atoms with Crippen LogP contribution in [0.4, 0.5) is 11.4 Å². The fraction of sp³-hybridized carbons (Fsp3) is 0.0833. The summed E-state index contributed by atoms with van der Waals surface area (Å²) >= 11 is 0. The zero-order valence-electron chi connectivity index (χ0n) is 17.1. The lowest BCUT2D eigenvalue weighted by molar-refractivity contribution is 0.102. The molecule has 0 spiro atoms. The number of anilines is 2. The summed E-state index contributed by atoms with van der Waals surface area (Å²) in [5.74, 6) is -0.400. The summed E-state index contributed by atoms with van der Waals surface area (Å²) in [7, 11) is -3.84. The lowest BCUT2D eigenvalue weighted by Crippen LogP contribution is -2.16. The molecule has 0 radical (unpaired) electrons. The van der Waals surface area contributed by atoms with Gasteiger partial charge >= 0.3 is 0 Å². The Bertz CT molecular complexity index is 1380. The molecule has 3 aromatic carbocycles. The molecule has 31 heavy (non-hydrogen) atoms. The van der Waals surface area contributed by atoms with Crippen LogP contribution in [0.15, 0.2) is 83.8 Å². The minimum Gasteiger partial charge on any atom is -0.321 e. The van der Waals surface area contributed by atoms with Gasteiger partial charge in [0.2, 0.25) is 0 Å². The van der Waals surface area contributed by atoms with Gasteiger partial charge in [0.1, 0.15) is 0 Å². The number of aryl methyl sites for hydroxylation is 2. The molecule has 0 aliphatic heterocycles. The van der Waals surface area contributed by atoms with Gasteiger partial charge in [-0.05, 0) is 56.3 Å². The van der Waals surface area contributed by atoms with Gasteiger partial charge in [0.15, 0.2) is 0 Å². The highest BCUT2D eigenvalue weighted by Gasteiger charge is 2.17. The van der Waals surface area contributed by atoms with Crippen molar-refractivity contribution in [1.29, 1.82) is 0 Å². The summed E-state index contributed by atoms with van der Waals surface area (Å²) in [5, 5.41) is 3.69. The predicted octanol–water partition coefficient (Wildman–Crippen LogP) is 4.90. The van der Waals surface area contributed by atoms with Crippen molar-refractivity contribution in [3.05, 3.63) is 95.7 Å². The van der Waals surface area contributed by atoms with Crippen LogP contribution in [-0.2, 0) is 10.0 Å². The Morgan fingerprint density at radius 2 is 1.61 bits per heavy atom. The number of fused-ring (bicyclic) bond motifs is 1. The van der Waals surface area contributed by atoms with E-state index >= 15 is 0 Å². The van der Waals surface area contributed by atoms with Crippen LogP contribution in [0.5, 0.6) is 0 Å². The third kappa shape index (κ3) is 4.57. The second-order valence-electron chi connectivity index (χ2n) is 7.28. The number of carbonyl (C=O) groups excluding carboxylic acids is 1. The first-order chi connectivity index (χ1) is 14.8. The first-order valence-corrected chi connectivity index (χ1v) is 11.2. The molecule has 0 aliphatic carbocycles. The average molecular weight is 432 g/mol. The van der Waals surface area contributed by atoms with E-state index in [0.29, 0.717) is 11.4 Å². The Morgan fingerprint density at radius 1 is 0.871 bits per heavy atom. The van der Waals surface area contributed by atoms with Crippen molar-refractivity contribution in [3.8, 4) is 0 Å². The standard InChI is InChI=1S/C24H21N3O3S/c1-16-10-12-19(13-11-16)27-31(29,30)20-7-5-6-18(15-20)24(28)26-23-14-17(2)25-22-9-4-3-8-21(22)23/h3-15,27H,1-2H3,(H,25,26,28). The van der Waals surface area contributed by atoms with E-state index in [2.05, 4.69) is 15.0 Å². The maximum atomic E-state index is 12.9. The van der Waals surface area contributed by atoms with E-state index in [-0.39, 0.29) is 10.5 Å². The van der Waals surface area contributed by atoms with Crippen molar-refractivity contribution in [3.63, 3.8) is 0 Å². The van der Waals surface area contributed by atoms with Crippen molar-refractivity contribution in [2.45, 2.75) is 18.7 Å². The van der Waals surface area contributed by atoms with Gasteiger partial charge in [-0.2, -0.15) is 0 Å². The molecule has 0 saturated heterocycles. The monoisotopic (exact) mass is 431 g/mol. The molecule has 2 N–H and O–H groups in total. The molecule has 0 bridgehead atoms. The molecular weight excluding hydrogens is 410 g/mol. The van der Waals surface area contributed by atoms with Gasteiger partial charge in [0.25, 0.3) is 15.9 Å². The fourth-order valence-electron chi connectivity index (χ4n) is 3.25. The molecule has 0 aliphatic rings. The Hall–Kier alpha value is -3.71. The molecule has 1 amide bonds. The number of nitrogens with one attached hydrogen (secondary N) is 2. The second-order valence-corrected chi connectivity index (χ2v) is 8.96. The van der Waals surface area contributed by atoms with Crippen LogP contribution in [0, 0.1) is 13.8 Å². The molecule has 1 heterocycles. The number of amides is 1. The van der Waals surface area contributed by atoms with E-state index in [1.54, 1.807) is 30.3 Å². The van der Waals surface area contributed by atoms with Crippen molar-refractivity contribution in [2.24, 2.45) is 0 Å². The quantitative estimate of drug-likeness (QED) is 0.470. The van der Waals surface area contributed by atoms with Gasteiger partial charge in [0.05, 0.1) is 16.1 Å². The van der Waals surface area contributed by atoms with Gasteiger partial charge in [-0.25, -0.2) is 8.42 Å². The largest absolute Gasteiger partial charge is 0.321 e. The third-order valence-electron chi connectivity index (χ3n) is 4.80. The molecule has 6 nitrogen and oxygen atoms in total. The van der Waals surface area contributed by atoms with Gasteiger partial charge in [-0.3, -0.25) is 14.5 Å². The van der Waals surface area contributed by atoms with Gasteiger partial charge < -0.3 is 5.32 Å². The highest BCUT2D eigenvalue weighted by atomic mass is 32.2. The third-order valence-corrected chi connectivity index (χ3v) is 6.18. The number of hydrogen-bond acceptors (Lipinski definition) is 4. The molecule has 0 fully saturated rings. The van der Waals surface area contributed by atoms with Gasteiger partial charge in [0, 0.05) is 22.3 Å². The summed E-state index contributed by atoms with van der Waals surface area (Å²) in [5.41, 5.74) is 3.90. The summed E-state index contributed by atoms with van der Waals surface area (Å²) in [4.78, 5) is 17.4. The van der Waals surface area contributed by atoms with Crippen molar-refractivity contribution < 1.29 is 13.2 Å². The normalized spacial score (nSPS) is 11.3. The number of sulfonamides is 1. The smallest absolute Gasteiger partial charge is 0.261 e. The van der Waals surface area contributed by atoms with E-state index in [0.717, 1.165) is 22.2 Å². The van der Waals surface area contributed by atoms with Crippen molar-refractivity contribution in [1.82, 2.24) is 4.98 Å². The molecule has 0 unspecified atom stereocenters. The summed E-state index contributed by atoms with van der Waals surface area (Å²) in [6.07, 6.45) is 0. The maximum Gasteiger partial charge on any atom is 0.261 e. The average Bonchev–Trinajstić information content (AvgIpc) is 2.75. The number of benzene rings is 3. The molecule has 0 atom stereocenters. The van der Waals surface area contributed by atoms with Crippen LogP contribution in [0.3, 0.4) is 0 Å². The number of hydrogen-bond donors (Lipinski definition) is 2. The molecular formula is C24H21N3O3S. The van der Waals surface area contributed by atoms with Crippen LogP contribution < -0.4 is 10.0 Å². The van der Waals surface area contributed by atoms with Crippen molar-refractivity contribution >= 4 is 38.2 Å². The maximum absolute atomic E-state index is 12.9. The van der Waals surface area contributed by atoms with E-state index < -0.39 is 15.9 Å². The molecule has 7 heteroatoms.